The third-order valence-corrected chi connectivity index (χ3v) is 4.33. The van der Waals surface area contributed by atoms with Crippen molar-refractivity contribution in [3.63, 3.8) is 0 Å². The maximum Gasteiger partial charge on any atom is 0.409 e. The van der Waals surface area contributed by atoms with Crippen LogP contribution in [0.4, 0.5) is 17.6 Å². The summed E-state index contributed by atoms with van der Waals surface area (Å²) in [5, 5.41) is 2.08. The Morgan fingerprint density at radius 2 is 1.71 bits per heavy atom. The van der Waals surface area contributed by atoms with E-state index in [0.717, 1.165) is 0 Å². The molecule has 4 nitrogen and oxygen atoms in total. The molecule has 1 atom stereocenters. The summed E-state index contributed by atoms with van der Waals surface area (Å²) in [5.74, 6) is -1.02. The average Bonchev–Trinajstić information content (AvgIpc) is 2.98. The van der Waals surface area contributed by atoms with Gasteiger partial charge in [-0.05, 0) is 41.8 Å². The zero-order valence-corrected chi connectivity index (χ0v) is 15.5. The molecule has 0 aliphatic heterocycles. The summed E-state index contributed by atoms with van der Waals surface area (Å²) in [5.41, 5.74) is -0.471. The molecule has 0 aliphatic rings. The summed E-state index contributed by atoms with van der Waals surface area (Å²) in [6.45, 7) is 4.21. The number of alkyl halides is 3. The lowest BCUT2D eigenvalue weighted by Gasteiger charge is -2.32. The Labute approximate surface area is 159 Å². The molecule has 0 aliphatic carbocycles. The molecular formula is C20H19F4N3O. The van der Waals surface area contributed by atoms with Crippen LogP contribution < -0.4 is 5.32 Å². The second kappa shape index (κ2) is 6.92. The Morgan fingerprint density at radius 1 is 1.07 bits per heavy atom. The fourth-order valence-corrected chi connectivity index (χ4v) is 3.00. The average molecular weight is 393 g/mol. The van der Waals surface area contributed by atoms with Gasteiger partial charge >= 0.3 is 6.18 Å². The van der Waals surface area contributed by atoms with Crippen LogP contribution in [0.3, 0.4) is 0 Å². The highest BCUT2D eigenvalue weighted by molar-refractivity contribution is 6.00. The molecule has 1 amide bonds. The van der Waals surface area contributed by atoms with Gasteiger partial charge in [-0.3, -0.25) is 9.20 Å². The van der Waals surface area contributed by atoms with Crippen LogP contribution in [0.25, 0.3) is 16.9 Å². The molecule has 8 heteroatoms. The van der Waals surface area contributed by atoms with Crippen LogP contribution in [0, 0.1) is 11.2 Å². The Kier molecular flexibility index (Phi) is 4.91. The predicted octanol–water partition coefficient (Wildman–Crippen LogP) is 4.85. The minimum absolute atomic E-state index is 0.126. The topological polar surface area (TPSA) is 46.4 Å². The lowest BCUT2D eigenvalue weighted by molar-refractivity contribution is -0.174. The third-order valence-electron chi connectivity index (χ3n) is 4.33. The van der Waals surface area contributed by atoms with Crippen LogP contribution >= 0.6 is 0 Å². The van der Waals surface area contributed by atoms with E-state index in [-0.39, 0.29) is 5.69 Å². The first-order valence-electron chi connectivity index (χ1n) is 8.59. The minimum atomic E-state index is -4.61. The Bertz CT molecular complexity index is 987. The first-order chi connectivity index (χ1) is 13.0. The van der Waals surface area contributed by atoms with E-state index >= 15 is 0 Å². The van der Waals surface area contributed by atoms with Gasteiger partial charge in [-0.15, -0.1) is 0 Å². The minimum Gasteiger partial charge on any atom is -0.338 e. The summed E-state index contributed by atoms with van der Waals surface area (Å²) in [7, 11) is 0. The number of imidazole rings is 1. The Balaban J connectivity index is 2.06. The molecule has 0 saturated heterocycles. The molecule has 28 heavy (non-hydrogen) atoms. The standard InChI is InChI=1S/C20H19F4N3O/c1-19(2,3)18(20(22,23)24)26-17(28)15-14-6-4-5-11-27(14)16(25-15)12-7-9-13(21)10-8-12/h4-11,18H,1-3H3,(H,26,28)/t18-/m0/s1. The van der Waals surface area contributed by atoms with Gasteiger partial charge in [-0.2, -0.15) is 13.2 Å². The molecule has 0 bridgehead atoms. The van der Waals surface area contributed by atoms with Crippen LogP contribution in [0.15, 0.2) is 48.7 Å². The van der Waals surface area contributed by atoms with Crippen LogP contribution in [0.5, 0.6) is 0 Å². The van der Waals surface area contributed by atoms with Gasteiger partial charge in [0.05, 0.1) is 5.52 Å². The van der Waals surface area contributed by atoms with Crippen molar-refractivity contribution < 1.29 is 22.4 Å². The van der Waals surface area contributed by atoms with Crippen LogP contribution in [-0.2, 0) is 0 Å². The monoisotopic (exact) mass is 393 g/mol. The highest BCUT2D eigenvalue weighted by Crippen LogP contribution is 2.33. The van der Waals surface area contributed by atoms with E-state index in [1.807, 2.05) is 0 Å². The molecule has 0 spiro atoms. The number of carbonyl (C=O) groups is 1. The van der Waals surface area contributed by atoms with Crippen molar-refractivity contribution in [1.82, 2.24) is 14.7 Å². The number of halogens is 4. The van der Waals surface area contributed by atoms with E-state index in [0.29, 0.717) is 16.9 Å². The van der Waals surface area contributed by atoms with E-state index in [2.05, 4.69) is 10.3 Å². The van der Waals surface area contributed by atoms with E-state index in [9.17, 15) is 22.4 Å². The molecule has 1 N–H and O–H groups in total. The lowest BCUT2D eigenvalue weighted by atomic mass is 9.86. The molecule has 0 unspecified atom stereocenters. The number of carbonyl (C=O) groups excluding carboxylic acids is 1. The number of pyridine rings is 1. The van der Waals surface area contributed by atoms with Gasteiger partial charge in [0.1, 0.15) is 17.7 Å². The van der Waals surface area contributed by atoms with Crippen LogP contribution in [0.1, 0.15) is 31.3 Å². The second-order valence-corrected chi connectivity index (χ2v) is 7.56. The summed E-state index contributed by atoms with van der Waals surface area (Å²) >= 11 is 0. The van der Waals surface area contributed by atoms with Gasteiger partial charge in [-0.25, -0.2) is 9.37 Å². The van der Waals surface area contributed by atoms with E-state index in [1.165, 1.54) is 45.0 Å². The predicted molar refractivity (Wildman–Crippen MR) is 97.4 cm³/mol. The maximum atomic E-state index is 13.4. The number of benzene rings is 1. The Morgan fingerprint density at radius 3 is 2.29 bits per heavy atom. The number of fused-ring (bicyclic) bond motifs is 1. The van der Waals surface area contributed by atoms with Crippen LogP contribution in [0.2, 0.25) is 0 Å². The second-order valence-electron chi connectivity index (χ2n) is 7.56. The van der Waals surface area contributed by atoms with Crippen molar-refractivity contribution in [3.8, 4) is 11.4 Å². The summed E-state index contributed by atoms with van der Waals surface area (Å²) < 4.78 is 55.1. The quantitative estimate of drug-likeness (QED) is 0.647. The van der Waals surface area contributed by atoms with Crippen molar-refractivity contribution in [2.24, 2.45) is 5.41 Å². The molecule has 0 radical (unpaired) electrons. The van der Waals surface area contributed by atoms with Gasteiger partial charge in [-0.1, -0.05) is 26.8 Å². The number of rotatable bonds is 3. The summed E-state index contributed by atoms with van der Waals surface area (Å²) in [6.07, 6.45) is -2.97. The molecule has 2 aromatic heterocycles. The van der Waals surface area contributed by atoms with Gasteiger partial charge in [0.25, 0.3) is 5.91 Å². The summed E-state index contributed by atoms with van der Waals surface area (Å²) in [6, 6.07) is 8.40. The smallest absolute Gasteiger partial charge is 0.338 e. The van der Waals surface area contributed by atoms with Crippen LogP contribution in [-0.4, -0.2) is 27.5 Å². The number of amides is 1. The summed E-state index contributed by atoms with van der Waals surface area (Å²) in [4.78, 5) is 17.0. The van der Waals surface area contributed by atoms with Crippen molar-refractivity contribution in [2.45, 2.75) is 33.0 Å². The number of hydrogen-bond donors (Lipinski definition) is 1. The fourth-order valence-electron chi connectivity index (χ4n) is 3.00. The first kappa shape index (κ1) is 19.9. The van der Waals surface area contributed by atoms with Gasteiger partial charge in [0.2, 0.25) is 0 Å². The van der Waals surface area contributed by atoms with E-state index < -0.39 is 29.4 Å². The molecule has 3 aromatic rings. The largest absolute Gasteiger partial charge is 0.409 e. The molecule has 3 rings (SSSR count). The fraction of sp³-hybridized carbons (Fsp3) is 0.300. The molecule has 0 fully saturated rings. The normalized spacial score (nSPS) is 13.5. The van der Waals surface area contributed by atoms with E-state index in [1.54, 1.807) is 28.8 Å². The first-order valence-corrected chi connectivity index (χ1v) is 8.59. The van der Waals surface area contributed by atoms with Crippen molar-refractivity contribution in [3.05, 3.63) is 60.2 Å². The zero-order valence-electron chi connectivity index (χ0n) is 15.5. The van der Waals surface area contributed by atoms with E-state index in [4.69, 9.17) is 0 Å². The molecule has 2 heterocycles. The number of nitrogens with one attached hydrogen (secondary N) is 1. The number of nitrogens with zero attached hydrogens (tertiary/aromatic N) is 2. The van der Waals surface area contributed by atoms with Crippen molar-refractivity contribution >= 4 is 11.4 Å². The molecular weight excluding hydrogens is 374 g/mol. The maximum absolute atomic E-state index is 13.4. The highest BCUT2D eigenvalue weighted by atomic mass is 19.4. The van der Waals surface area contributed by atoms with Crippen molar-refractivity contribution in [1.29, 1.82) is 0 Å². The molecule has 148 valence electrons. The molecule has 1 aromatic carbocycles. The third kappa shape index (κ3) is 3.85. The van der Waals surface area contributed by atoms with Gasteiger partial charge in [0, 0.05) is 11.8 Å². The number of hydrogen-bond acceptors (Lipinski definition) is 2. The van der Waals surface area contributed by atoms with Gasteiger partial charge < -0.3 is 5.32 Å². The molecule has 0 saturated carbocycles. The highest BCUT2D eigenvalue weighted by Gasteiger charge is 2.48. The van der Waals surface area contributed by atoms with Crippen molar-refractivity contribution in [2.75, 3.05) is 0 Å². The zero-order chi connectivity index (χ0) is 20.7. The SMILES string of the molecule is CC(C)(C)[C@H](NC(=O)c1nc(-c2ccc(F)cc2)n2ccccc12)C(F)(F)F. The number of aromatic nitrogens is 2. The lowest BCUT2D eigenvalue weighted by Crippen LogP contribution is -2.53. The Hall–Kier alpha value is -2.90. The van der Waals surface area contributed by atoms with Gasteiger partial charge in [0.15, 0.2) is 5.69 Å².